The first-order chi connectivity index (χ1) is 14.9. The summed E-state index contributed by atoms with van der Waals surface area (Å²) in [5, 5.41) is 0.699. The van der Waals surface area contributed by atoms with Gasteiger partial charge in [0, 0.05) is 36.3 Å². The summed E-state index contributed by atoms with van der Waals surface area (Å²) in [5.41, 5.74) is 4.28. The van der Waals surface area contributed by atoms with Crippen LogP contribution in [0.15, 0.2) is 72.8 Å². The molecule has 5 rings (SSSR count). The number of carbonyl (C=O) groups excluding carboxylic acids is 2. The minimum absolute atomic E-state index is 0.0449. The van der Waals surface area contributed by atoms with Gasteiger partial charge in [-0.05, 0) is 53.4 Å². The molecular formula is C26H23ClN2O2. The summed E-state index contributed by atoms with van der Waals surface area (Å²) in [6, 6.07) is 23.4. The van der Waals surface area contributed by atoms with E-state index in [0.29, 0.717) is 17.1 Å². The van der Waals surface area contributed by atoms with Gasteiger partial charge in [0.05, 0.1) is 12.0 Å². The Hall–Kier alpha value is -3.11. The number of para-hydroxylation sites is 1. The Bertz CT molecular complexity index is 1190. The highest BCUT2D eigenvalue weighted by atomic mass is 35.5. The monoisotopic (exact) mass is 430 g/mol. The third-order valence-electron chi connectivity index (χ3n) is 6.46. The molecule has 3 aromatic rings. The summed E-state index contributed by atoms with van der Waals surface area (Å²) < 4.78 is 0. The topological polar surface area (TPSA) is 40.6 Å². The number of benzene rings is 3. The SMILES string of the molecule is CN(C)C(=O)c1cccc(CN2C(=O)C3(CC3c3ccc(Cl)cc3)c3ccccc32)c1. The molecule has 1 heterocycles. The molecule has 2 amide bonds. The quantitative estimate of drug-likeness (QED) is 0.583. The van der Waals surface area contributed by atoms with E-state index in [1.165, 1.54) is 0 Å². The van der Waals surface area contributed by atoms with Gasteiger partial charge in [-0.15, -0.1) is 0 Å². The van der Waals surface area contributed by atoms with Gasteiger partial charge < -0.3 is 9.80 Å². The highest BCUT2D eigenvalue weighted by Crippen LogP contribution is 2.66. The van der Waals surface area contributed by atoms with Crippen LogP contribution in [0.5, 0.6) is 0 Å². The van der Waals surface area contributed by atoms with Crippen molar-refractivity contribution in [1.82, 2.24) is 4.90 Å². The van der Waals surface area contributed by atoms with Crippen molar-refractivity contribution >= 4 is 29.1 Å². The third kappa shape index (κ3) is 3.14. The van der Waals surface area contributed by atoms with Crippen LogP contribution in [0.2, 0.25) is 5.02 Å². The van der Waals surface area contributed by atoms with Gasteiger partial charge in [-0.3, -0.25) is 9.59 Å². The lowest BCUT2D eigenvalue weighted by molar-refractivity contribution is -0.120. The smallest absolute Gasteiger partial charge is 0.253 e. The first-order valence-corrected chi connectivity index (χ1v) is 10.8. The zero-order chi connectivity index (χ0) is 21.8. The Labute approximate surface area is 187 Å². The van der Waals surface area contributed by atoms with Crippen LogP contribution in [0.3, 0.4) is 0 Å². The van der Waals surface area contributed by atoms with Crippen LogP contribution in [0.4, 0.5) is 5.69 Å². The maximum Gasteiger partial charge on any atom is 0.253 e. The molecule has 2 atom stereocenters. The van der Waals surface area contributed by atoms with E-state index in [2.05, 4.69) is 6.07 Å². The van der Waals surface area contributed by atoms with E-state index in [1.807, 2.05) is 71.6 Å². The maximum atomic E-state index is 13.8. The van der Waals surface area contributed by atoms with Crippen molar-refractivity contribution in [3.8, 4) is 0 Å². The van der Waals surface area contributed by atoms with Crippen LogP contribution < -0.4 is 4.90 Å². The van der Waals surface area contributed by atoms with Crippen LogP contribution >= 0.6 is 11.6 Å². The molecular weight excluding hydrogens is 408 g/mol. The second kappa shape index (κ2) is 7.24. The van der Waals surface area contributed by atoms with Crippen molar-refractivity contribution in [2.45, 2.75) is 24.3 Å². The van der Waals surface area contributed by atoms with E-state index in [0.717, 1.165) is 28.8 Å². The predicted molar refractivity (Wildman–Crippen MR) is 123 cm³/mol. The van der Waals surface area contributed by atoms with Gasteiger partial charge in [-0.2, -0.15) is 0 Å². The van der Waals surface area contributed by atoms with Crippen molar-refractivity contribution in [1.29, 1.82) is 0 Å². The second-order valence-electron chi connectivity index (χ2n) is 8.59. The van der Waals surface area contributed by atoms with Gasteiger partial charge in [0.15, 0.2) is 0 Å². The minimum Gasteiger partial charge on any atom is -0.345 e. The molecule has 1 aliphatic heterocycles. The van der Waals surface area contributed by atoms with Crippen LogP contribution in [0.1, 0.15) is 39.4 Å². The summed E-state index contributed by atoms with van der Waals surface area (Å²) in [4.78, 5) is 29.6. The molecule has 2 aliphatic rings. The molecule has 1 fully saturated rings. The van der Waals surface area contributed by atoms with E-state index in [-0.39, 0.29) is 17.7 Å². The molecule has 156 valence electrons. The number of anilines is 1. The fourth-order valence-electron chi connectivity index (χ4n) is 4.85. The lowest BCUT2D eigenvalue weighted by Gasteiger charge is -2.19. The number of hydrogen-bond donors (Lipinski definition) is 0. The van der Waals surface area contributed by atoms with Crippen LogP contribution in [-0.2, 0) is 16.8 Å². The minimum atomic E-state index is -0.499. The van der Waals surface area contributed by atoms with Gasteiger partial charge in [0.1, 0.15) is 0 Å². The van der Waals surface area contributed by atoms with Crippen LogP contribution in [0.25, 0.3) is 0 Å². The van der Waals surface area contributed by atoms with Crippen molar-refractivity contribution in [3.63, 3.8) is 0 Å². The third-order valence-corrected chi connectivity index (χ3v) is 6.71. The van der Waals surface area contributed by atoms with Gasteiger partial charge in [-0.25, -0.2) is 0 Å². The van der Waals surface area contributed by atoms with Crippen molar-refractivity contribution in [2.75, 3.05) is 19.0 Å². The molecule has 1 saturated carbocycles. The van der Waals surface area contributed by atoms with Gasteiger partial charge in [0.2, 0.25) is 5.91 Å². The molecule has 0 aromatic heterocycles. The molecule has 2 unspecified atom stereocenters. The molecule has 1 spiro atoms. The van der Waals surface area contributed by atoms with E-state index < -0.39 is 5.41 Å². The summed E-state index contributed by atoms with van der Waals surface area (Å²) in [7, 11) is 3.48. The number of fused-ring (bicyclic) bond motifs is 2. The van der Waals surface area contributed by atoms with E-state index >= 15 is 0 Å². The number of rotatable bonds is 4. The zero-order valence-corrected chi connectivity index (χ0v) is 18.3. The molecule has 0 bridgehead atoms. The first kappa shape index (κ1) is 19.8. The zero-order valence-electron chi connectivity index (χ0n) is 17.5. The van der Waals surface area contributed by atoms with Crippen molar-refractivity contribution < 1.29 is 9.59 Å². The Balaban J connectivity index is 1.48. The van der Waals surface area contributed by atoms with Crippen molar-refractivity contribution in [3.05, 3.63) is 100 Å². The predicted octanol–water partition coefficient (Wildman–Crippen LogP) is 5.01. The summed E-state index contributed by atoms with van der Waals surface area (Å²) in [6.07, 6.45) is 0.806. The average Bonchev–Trinajstić information content (AvgIpc) is 3.49. The molecule has 3 aromatic carbocycles. The first-order valence-electron chi connectivity index (χ1n) is 10.4. The van der Waals surface area contributed by atoms with Gasteiger partial charge in [-0.1, -0.05) is 54.1 Å². The Morgan fingerprint density at radius 3 is 2.55 bits per heavy atom. The summed E-state index contributed by atoms with van der Waals surface area (Å²) in [6.45, 7) is 0.444. The normalized spacial score (nSPS) is 21.3. The molecule has 0 saturated heterocycles. The number of amides is 2. The molecule has 5 heteroatoms. The Morgan fingerprint density at radius 2 is 1.81 bits per heavy atom. The Morgan fingerprint density at radius 1 is 1.06 bits per heavy atom. The maximum absolute atomic E-state index is 13.8. The van der Waals surface area contributed by atoms with Crippen LogP contribution in [-0.4, -0.2) is 30.8 Å². The molecule has 4 nitrogen and oxygen atoms in total. The second-order valence-corrected chi connectivity index (χ2v) is 9.02. The number of carbonyl (C=O) groups is 2. The fraction of sp³-hybridized carbons (Fsp3) is 0.231. The van der Waals surface area contributed by atoms with E-state index in [4.69, 9.17) is 11.6 Å². The van der Waals surface area contributed by atoms with Gasteiger partial charge in [0.25, 0.3) is 5.91 Å². The van der Waals surface area contributed by atoms with Crippen LogP contribution in [0, 0.1) is 0 Å². The average molecular weight is 431 g/mol. The Kier molecular flexibility index (Phi) is 4.63. The molecule has 1 aliphatic carbocycles. The van der Waals surface area contributed by atoms with Gasteiger partial charge >= 0.3 is 0 Å². The highest BCUT2D eigenvalue weighted by Gasteiger charge is 2.66. The lowest BCUT2D eigenvalue weighted by atomic mass is 9.92. The van der Waals surface area contributed by atoms with E-state index in [1.54, 1.807) is 19.0 Å². The number of nitrogens with zero attached hydrogens (tertiary/aromatic N) is 2. The summed E-state index contributed by atoms with van der Waals surface area (Å²) in [5.74, 6) is 0.250. The molecule has 0 radical (unpaired) electrons. The van der Waals surface area contributed by atoms with E-state index in [9.17, 15) is 9.59 Å². The van der Waals surface area contributed by atoms with Crippen molar-refractivity contribution in [2.24, 2.45) is 0 Å². The number of halogens is 1. The number of hydrogen-bond acceptors (Lipinski definition) is 2. The standard InChI is InChI=1S/C26H23ClN2O2/c1-28(2)24(30)19-7-5-6-17(14-19)16-29-23-9-4-3-8-21(23)26(25(29)31)15-22(26)18-10-12-20(27)13-11-18/h3-14,22H,15-16H2,1-2H3. The fourth-order valence-corrected chi connectivity index (χ4v) is 4.97. The molecule has 0 N–H and O–H groups in total. The summed E-state index contributed by atoms with van der Waals surface area (Å²) >= 11 is 6.06. The lowest BCUT2D eigenvalue weighted by Crippen LogP contribution is -2.32. The highest BCUT2D eigenvalue weighted by molar-refractivity contribution is 6.30. The molecule has 31 heavy (non-hydrogen) atoms. The largest absolute Gasteiger partial charge is 0.345 e.